The summed E-state index contributed by atoms with van der Waals surface area (Å²) in [6, 6.07) is 1.51. The normalized spacial score (nSPS) is 40.3. The molecular weight excluding hydrogens is 221 g/mol. The Morgan fingerprint density at radius 1 is 1.17 bits per heavy atom. The number of ether oxygens (including phenoxy) is 1. The molecule has 0 aromatic carbocycles. The summed E-state index contributed by atoms with van der Waals surface area (Å²) in [6.45, 7) is 6.74. The maximum Gasteiger partial charge on any atom is 0.105 e. The van der Waals surface area contributed by atoms with Gasteiger partial charge in [0.2, 0.25) is 0 Å². The van der Waals surface area contributed by atoms with Crippen LogP contribution < -0.4 is 0 Å². The van der Waals surface area contributed by atoms with Crippen molar-refractivity contribution in [1.82, 2.24) is 4.90 Å². The molecule has 2 nitrogen and oxygen atoms in total. The summed E-state index contributed by atoms with van der Waals surface area (Å²) in [4.78, 5) is 2.85. The molecule has 0 amide bonds. The average Bonchev–Trinajstić information content (AvgIpc) is 2.60. The molecule has 0 aromatic rings. The summed E-state index contributed by atoms with van der Waals surface area (Å²) >= 11 is 0. The van der Waals surface area contributed by atoms with Crippen LogP contribution in [0.15, 0.2) is 0 Å². The van der Waals surface area contributed by atoms with Crippen molar-refractivity contribution in [3.8, 4) is 0 Å². The highest BCUT2D eigenvalue weighted by Crippen LogP contribution is 2.50. The van der Waals surface area contributed by atoms with Crippen LogP contribution in [-0.4, -0.2) is 43.6 Å². The maximum atomic E-state index is 5.60. The zero-order valence-corrected chi connectivity index (χ0v) is 12.3. The van der Waals surface area contributed by atoms with Crippen molar-refractivity contribution >= 4 is 7.85 Å². The number of rotatable bonds is 1. The molecule has 1 saturated carbocycles. The summed E-state index contributed by atoms with van der Waals surface area (Å²) in [5.74, 6) is 1.84. The predicted molar refractivity (Wildman–Crippen MR) is 77.8 cm³/mol. The molecule has 0 N–H and O–H groups in total. The Labute approximate surface area is 113 Å². The molecule has 1 aliphatic carbocycles. The molecule has 3 heteroatoms. The lowest BCUT2D eigenvalue weighted by Gasteiger charge is -2.49. The van der Waals surface area contributed by atoms with Crippen LogP contribution in [0, 0.1) is 5.92 Å². The fourth-order valence-corrected chi connectivity index (χ4v) is 4.92. The van der Waals surface area contributed by atoms with Crippen LogP contribution in [0.2, 0.25) is 5.82 Å². The lowest BCUT2D eigenvalue weighted by Crippen LogP contribution is -2.62. The third kappa shape index (κ3) is 1.94. The largest absolute Gasteiger partial charge is 0.377 e. The summed E-state index contributed by atoms with van der Waals surface area (Å²) < 4.78 is 5.60. The van der Waals surface area contributed by atoms with Crippen LogP contribution >= 0.6 is 0 Å². The van der Waals surface area contributed by atoms with E-state index in [1.807, 2.05) is 0 Å². The van der Waals surface area contributed by atoms with Crippen molar-refractivity contribution in [2.24, 2.45) is 5.92 Å². The lowest BCUT2D eigenvalue weighted by atomic mass is 9.67. The van der Waals surface area contributed by atoms with Crippen molar-refractivity contribution in [3.63, 3.8) is 0 Å². The van der Waals surface area contributed by atoms with E-state index in [0.29, 0.717) is 11.6 Å². The Hall–Kier alpha value is -0.0151. The van der Waals surface area contributed by atoms with E-state index >= 15 is 0 Å². The molecule has 2 heterocycles. The minimum absolute atomic E-state index is 0.419. The minimum atomic E-state index is 0.419. The van der Waals surface area contributed by atoms with Gasteiger partial charge in [-0.15, -0.1) is 0 Å². The Morgan fingerprint density at radius 3 is 2.50 bits per heavy atom. The molecule has 102 valence electrons. The smallest absolute Gasteiger partial charge is 0.105 e. The van der Waals surface area contributed by atoms with Gasteiger partial charge in [-0.2, -0.15) is 0 Å². The first-order valence-corrected chi connectivity index (χ1v) is 8.00. The average molecular weight is 249 g/mol. The maximum absolute atomic E-state index is 5.60. The fourth-order valence-electron chi connectivity index (χ4n) is 4.92. The third-order valence-corrected chi connectivity index (χ3v) is 5.70. The SMILES string of the molecule is BC1CCCCCC2C1CC1(COC1)N2C(C)C. The van der Waals surface area contributed by atoms with Gasteiger partial charge in [0.1, 0.15) is 7.85 Å². The Balaban J connectivity index is 1.86. The molecule has 1 spiro atoms. The first kappa shape index (κ1) is 13.0. The van der Waals surface area contributed by atoms with Gasteiger partial charge in [-0.25, -0.2) is 0 Å². The van der Waals surface area contributed by atoms with Gasteiger partial charge < -0.3 is 4.74 Å². The second kappa shape index (κ2) is 4.83. The van der Waals surface area contributed by atoms with Gasteiger partial charge in [-0.1, -0.05) is 31.5 Å². The monoisotopic (exact) mass is 249 g/mol. The van der Waals surface area contributed by atoms with Crippen LogP contribution in [0.4, 0.5) is 0 Å². The van der Waals surface area contributed by atoms with Gasteiger partial charge in [0.05, 0.1) is 18.8 Å². The Kier molecular flexibility index (Phi) is 3.48. The van der Waals surface area contributed by atoms with Gasteiger partial charge in [-0.3, -0.25) is 4.90 Å². The van der Waals surface area contributed by atoms with Gasteiger partial charge in [0, 0.05) is 12.1 Å². The molecule has 3 aliphatic rings. The van der Waals surface area contributed by atoms with Gasteiger partial charge in [0.15, 0.2) is 0 Å². The van der Waals surface area contributed by atoms with Crippen molar-refractivity contribution in [2.75, 3.05) is 13.2 Å². The lowest BCUT2D eigenvalue weighted by molar-refractivity contribution is -0.141. The topological polar surface area (TPSA) is 12.5 Å². The van der Waals surface area contributed by atoms with E-state index in [1.54, 1.807) is 0 Å². The molecule has 2 saturated heterocycles. The summed E-state index contributed by atoms with van der Waals surface area (Å²) in [6.07, 6.45) is 8.61. The zero-order chi connectivity index (χ0) is 12.8. The quantitative estimate of drug-likeness (QED) is 0.661. The van der Waals surface area contributed by atoms with E-state index in [2.05, 4.69) is 26.6 Å². The predicted octanol–water partition coefficient (Wildman–Crippen LogP) is 2.24. The minimum Gasteiger partial charge on any atom is -0.377 e. The number of likely N-dealkylation sites (tertiary alicyclic amines) is 1. The molecule has 3 atom stereocenters. The van der Waals surface area contributed by atoms with Crippen molar-refractivity contribution in [1.29, 1.82) is 0 Å². The second-order valence-electron chi connectivity index (χ2n) is 7.27. The number of hydrogen-bond acceptors (Lipinski definition) is 2. The zero-order valence-electron chi connectivity index (χ0n) is 12.3. The first-order valence-electron chi connectivity index (χ1n) is 8.00. The summed E-state index contributed by atoms with van der Waals surface area (Å²) in [5, 5.41) is 0. The van der Waals surface area contributed by atoms with E-state index in [0.717, 1.165) is 31.0 Å². The molecule has 0 radical (unpaired) electrons. The molecule has 3 fully saturated rings. The molecule has 2 aliphatic heterocycles. The van der Waals surface area contributed by atoms with E-state index < -0.39 is 0 Å². The van der Waals surface area contributed by atoms with E-state index in [1.165, 1.54) is 38.5 Å². The van der Waals surface area contributed by atoms with E-state index in [-0.39, 0.29) is 0 Å². The summed E-state index contributed by atoms with van der Waals surface area (Å²) in [5.41, 5.74) is 0.419. The van der Waals surface area contributed by atoms with Crippen molar-refractivity contribution < 1.29 is 4.74 Å². The first-order chi connectivity index (χ1) is 8.64. The number of hydrogen-bond donors (Lipinski definition) is 0. The second-order valence-corrected chi connectivity index (χ2v) is 7.27. The van der Waals surface area contributed by atoms with Crippen LogP contribution in [0.3, 0.4) is 0 Å². The highest BCUT2D eigenvalue weighted by molar-refractivity contribution is 6.11. The van der Waals surface area contributed by atoms with Crippen LogP contribution in [0.5, 0.6) is 0 Å². The molecule has 0 bridgehead atoms. The van der Waals surface area contributed by atoms with Crippen LogP contribution in [-0.2, 0) is 4.74 Å². The number of nitrogens with zero attached hydrogens (tertiary/aromatic N) is 1. The Morgan fingerprint density at radius 2 is 1.89 bits per heavy atom. The standard InChI is InChI=1S/C15H28BNO/c1-11(2)17-14-7-5-3-4-6-13(16)12(14)8-15(17)9-18-10-15/h11-14H,3-10,16H2,1-2H3. The van der Waals surface area contributed by atoms with Gasteiger partial charge in [-0.05, 0) is 32.6 Å². The molecule has 3 rings (SSSR count). The Bertz CT molecular complexity index is 303. The third-order valence-electron chi connectivity index (χ3n) is 5.70. The van der Waals surface area contributed by atoms with E-state index in [9.17, 15) is 0 Å². The highest BCUT2D eigenvalue weighted by atomic mass is 16.5. The molecule has 0 aromatic heterocycles. The van der Waals surface area contributed by atoms with Crippen molar-refractivity contribution in [3.05, 3.63) is 0 Å². The highest BCUT2D eigenvalue weighted by Gasteiger charge is 2.56. The van der Waals surface area contributed by atoms with Gasteiger partial charge in [0.25, 0.3) is 0 Å². The molecular formula is C15H28BNO. The number of fused-ring (bicyclic) bond motifs is 1. The summed E-state index contributed by atoms with van der Waals surface area (Å²) in [7, 11) is 2.50. The molecule has 3 unspecified atom stereocenters. The van der Waals surface area contributed by atoms with Crippen LogP contribution in [0.1, 0.15) is 52.4 Å². The van der Waals surface area contributed by atoms with Crippen molar-refractivity contribution in [2.45, 2.75) is 75.8 Å². The molecule has 18 heavy (non-hydrogen) atoms. The van der Waals surface area contributed by atoms with Gasteiger partial charge >= 0.3 is 0 Å². The van der Waals surface area contributed by atoms with Crippen LogP contribution in [0.25, 0.3) is 0 Å². The van der Waals surface area contributed by atoms with E-state index in [4.69, 9.17) is 4.74 Å². The fraction of sp³-hybridized carbons (Fsp3) is 1.00.